The number of hydrogen-bond donors (Lipinski definition) is 1. The Kier molecular flexibility index (Phi) is 4.42. The number of carbonyl (C=O) groups is 1. The monoisotopic (exact) mass is 281 g/mol. The van der Waals surface area contributed by atoms with Crippen LogP contribution >= 0.6 is 11.8 Å². The molecule has 2 rings (SSSR count). The normalized spacial score (nSPS) is 16.2. The van der Waals surface area contributed by atoms with Gasteiger partial charge in [0.1, 0.15) is 5.56 Å². The van der Waals surface area contributed by atoms with E-state index in [-0.39, 0.29) is 11.3 Å². The van der Waals surface area contributed by atoms with Gasteiger partial charge in [-0.3, -0.25) is 10.1 Å². The van der Waals surface area contributed by atoms with Gasteiger partial charge in [-0.2, -0.15) is 0 Å². The van der Waals surface area contributed by atoms with Gasteiger partial charge in [-0.1, -0.05) is 19.3 Å². The van der Waals surface area contributed by atoms with Gasteiger partial charge in [-0.15, -0.1) is 11.8 Å². The molecular formula is C13H15NO4S. The van der Waals surface area contributed by atoms with Crippen LogP contribution in [-0.2, 0) is 0 Å². The molecule has 0 amide bonds. The van der Waals surface area contributed by atoms with E-state index in [1.807, 2.05) is 0 Å². The summed E-state index contributed by atoms with van der Waals surface area (Å²) in [6.07, 6.45) is 5.91. The third-order valence-electron chi connectivity index (χ3n) is 3.25. The van der Waals surface area contributed by atoms with Gasteiger partial charge in [0.2, 0.25) is 0 Å². The third kappa shape index (κ3) is 3.47. The fourth-order valence-corrected chi connectivity index (χ4v) is 3.57. The maximum Gasteiger partial charge on any atom is 0.342 e. The summed E-state index contributed by atoms with van der Waals surface area (Å²) in [7, 11) is 0. The first kappa shape index (κ1) is 13.9. The summed E-state index contributed by atoms with van der Waals surface area (Å²) in [5.41, 5.74) is -0.577. The Morgan fingerprint density at radius 2 is 2.00 bits per heavy atom. The number of rotatable bonds is 4. The number of nitro benzene ring substituents is 1. The van der Waals surface area contributed by atoms with Gasteiger partial charge in [0.25, 0.3) is 5.69 Å². The van der Waals surface area contributed by atoms with Crippen LogP contribution in [0.25, 0.3) is 0 Å². The molecule has 0 unspecified atom stereocenters. The van der Waals surface area contributed by atoms with Crippen molar-refractivity contribution < 1.29 is 14.8 Å². The first-order valence-corrected chi connectivity index (χ1v) is 7.14. The standard InChI is InChI=1S/C13H15NO4S/c15-13(16)11-7-6-10(8-12(11)14(17)18)19-9-4-2-1-3-5-9/h6-9H,1-5H2,(H,15,16). The number of carboxylic acids is 1. The quantitative estimate of drug-likeness (QED) is 0.672. The van der Waals surface area contributed by atoms with Crippen molar-refractivity contribution in [2.45, 2.75) is 42.2 Å². The summed E-state index contributed by atoms with van der Waals surface area (Å²) in [5.74, 6) is -1.26. The van der Waals surface area contributed by atoms with Gasteiger partial charge >= 0.3 is 5.97 Å². The fraction of sp³-hybridized carbons (Fsp3) is 0.462. The average molecular weight is 281 g/mol. The van der Waals surface area contributed by atoms with E-state index >= 15 is 0 Å². The Labute approximate surface area is 115 Å². The smallest absolute Gasteiger partial charge is 0.342 e. The molecule has 1 aliphatic rings. The van der Waals surface area contributed by atoms with Gasteiger partial charge in [0, 0.05) is 16.2 Å². The van der Waals surface area contributed by atoms with Crippen LogP contribution in [0.5, 0.6) is 0 Å². The topological polar surface area (TPSA) is 80.4 Å². The van der Waals surface area contributed by atoms with E-state index in [9.17, 15) is 14.9 Å². The molecule has 1 fully saturated rings. The molecule has 1 saturated carbocycles. The predicted molar refractivity (Wildman–Crippen MR) is 72.8 cm³/mol. The van der Waals surface area contributed by atoms with Gasteiger partial charge in [0.05, 0.1) is 4.92 Å². The third-order valence-corrected chi connectivity index (χ3v) is 4.58. The second kappa shape index (κ2) is 6.06. The largest absolute Gasteiger partial charge is 0.477 e. The molecule has 0 heterocycles. The molecule has 1 aromatic rings. The van der Waals surface area contributed by atoms with Gasteiger partial charge in [0.15, 0.2) is 0 Å². The van der Waals surface area contributed by atoms with Gasteiger partial charge in [-0.05, 0) is 25.0 Å². The zero-order chi connectivity index (χ0) is 13.8. The Morgan fingerprint density at radius 3 is 2.58 bits per heavy atom. The summed E-state index contributed by atoms with van der Waals surface area (Å²) in [6, 6.07) is 4.37. The van der Waals surface area contributed by atoms with Crippen molar-refractivity contribution in [1.82, 2.24) is 0 Å². The highest BCUT2D eigenvalue weighted by Gasteiger charge is 2.22. The van der Waals surface area contributed by atoms with Crippen LogP contribution in [0.3, 0.4) is 0 Å². The molecule has 6 heteroatoms. The van der Waals surface area contributed by atoms with E-state index in [2.05, 4.69) is 0 Å². The Hall–Kier alpha value is -1.56. The first-order valence-electron chi connectivity index (χ1n) is 6.26. The van der Waals surface area contributed by atoms with Crippen molar-refractivity contribution in [2.75, 3.05) is 0 Å². The molecule has 0 spiro atoms. The van der Waals surface area contributed by atoms with E-state index in [4.69, 9.17) is 5.11 Å². The Morgan fingerprint density at radius 1 is 1.32 bits per heavy atom. The van der Waals surface area contributed by atoms with E-state index < -0.39 is 10.9 Å². The molecule has 0 bridgehead atoms. The lowest BCUT2D eigenvalue weighted by Crippen LogP contribution is -2.08. The summed E-state index contributed by atoms with van der Waals surface area (Å²) in [4.78, 5) is 22.0. The van der Waals surface area contributed by atoms with E-state index in [1.54, 1.807) is 17.8 Å². The Bertz CT molecular complexity index is 497. The number of thioether (sulfide) groups is 1. The number of hydrogen-bond acceptors (Lipinski definition) is 4. The molecule has 0 radical (unpaired) electrons. The number of nitro groups is 1. The molecular weight excluding hydrogens is 266 g/mol. The lowest BCUT2D eigenvalue weighted by molar-refractivity contribution is -0.385. The molecule has 5 nitrogen and oxygen atoms in total. The molecule has 0 atom stereocenters. The van der Waals surface area contributed by atoms with Crippen LogP contribution in [0.15, 0.2) is 23.1 Å². The van der Waals surface area contributed by atoms with Crippen LogP contribution < -0.4 is 0 Å². The second-order valence-electron chi connectivity index (χ2n) is 4.62. The summed E-state index contributed by atoms with van der Waals surface area (Å²) < 4.78 is 0. The van der Waals surface area contributed by atoms with E-state index in [0.717, 1.165) is 17.7 Å². The zero-order valence-electron chi connectivity index (χ0n) is 10.4. The number of aromatic carboxylic acids is 1. The van der Waals surface area contributed by atoms with Crippen molar-refractivity contribution in [1.29, 1.82) is 0 Å². The molecule has 1 aromatic carbocycles. The van der Waals surface area contributed by atoms with Crippen molar-refractivity contribution in [2.24, 2.45) is 0 Å². The summed E-state index contributed by atoms with van der Waals surface area (Å²) in [6.45, 7) is 0. The van der Waals surface area contributed by atoms with Crippen LogP contribution in [0, 0.1) is 10.1 Å². The molecule has 1 aliphatic carbocycles. The average Bonchev–Trinajstić information content (AvgIpc) is 2.39. The molecule has 0 aromatic heterocycles. The lowest BCUT2D eigenvalue weighted by atomic mass is 10.0. The number of carboxylic acid groups (broad SMARTS) is 1. The molecule has 102 valence electrons. The second-order valence-corrected chi connectivity index (χ2v) is 5.99. The van der Waals surface area contributed by atoms with Crippen LogP contribution in [0.1, 0.15) is 42.5 Å². The minimum absolute atomic E-state index is 0.252. The molecule has 0 aliphatic heterocycles. The predicted octanol–water partition coefficient (Wildman–Crippen LogP) is 3.72. The summed E-state index contributed by atoms with van der Waals surface area (Å²) in [5, 5.41) is 20.3. The minimum Gasteiger partial charge on any atom is -0.477 e. The minimum atomic E-state index is -1.26. The Balaban J connectivity index is 2.20. The van der Waals surface area contributed by atoms with Crippen LogP contribution in [0.4, 0.5) is 5.69 Å². The highest BCUT2D eigenvalue weighted by Crippen LogP contribution is 2.35. The maximum atomic E-state index is 10.9. The van der Waals surface area contributed by atoms with Crippen LogP contribution in [0.2, 0.25) is 0 Å². The zero-order valence-corrected chi connectivity index (χ0v) is 11.2. The van der Waals surface area contributed by atoms with Crippen molar-refractivity contribution >= 4 is 23.4 Å². The maximum absolute atomic E-state index is 10.9. The van der Waals surface area contributed by atoms with E-state index in [0.29, 0.717) is 5.25 Å². The molecule has 19 heavy (non-hydrogen) atoms. The highest BCUT2D eigenvalue weighted by atomic mass is 32.2. The number of nitrogens with zero attached hydrogens (tertiary/aromatic N) is 1. The molecule has 1 N–H and O–H groups in total. The fourth-order valence-electron chi connectivity index (χ4n) is 2.29. The summed E-state index contributed by atoms with van der Waals surface area (Å²) >= 11 is 1.62. The SMILES string of the molecule is O=C(O)c1ccc(SC2CCCCC2)cc1[N+](=O)[O-]. The van der Waals surface area contributed by atoms with Crippen molar-refractivity contribution in [3.8, 4) is 0 Å². The van der Waals surface area contributed by atoms with E-state index in [1.165, 1.54) is 31.4 Å². The van der Waals surface area contributed by atoms with Crippen molar-refractivity contribution in [3.63, 3.8) is 0 Å². The number of benzene rings is 1. The molecule has 0 saturated heterocycles. The first-order chi connectivity index (χ1) is 9.08. The highest BCUT2D eigenvalue weighted by molar-refractivity contribution is 8.00. The van der Waals surface area contributed by atoms with Crippen molar-refractivity contribution in [3.05, 3.63) is 33.9 Å². The van der Waals surface area contributed by atoms with Crippen LogP contribution in [-0.4, -0.2) is 21.2 Å². The lowest BCUT2D eigenvalue weighted by Gasteiger charge is -2.20. The van der Waals surface area contributed by atoms with Gasteiger partial charge < -0.3 is 5.11 Å². The van der Waals surface area contributed by atoms with Gasteiger partial charge in [-0.25, -0.2) is 4.79 Å².